The molecular formula is C2H4N4SV. The first kappa shape index (κ1) is 10.8. The SMILES string of the molecule is S=c1[n-]nn[nH]1.[CH3-].[V+2]. The Kier molecular flexibility index (Phi) is 6.77. The first-order chi connectivity index (χ1) is 2.89. The molecular weight excluding hydrogens is 163 g/mol. The average molecular weight is 167 g/mol. The van der Waals surface area contributed by atoms with Crippen LogP contribution in [0.4, 0.5) is 0 Å². The first-order valence-electron chi connectivity index (χ1n) is 1.30. The second kappa shape index (κ2) is 5.02. The Hall–Kier alpha value is -0.126. The molecule has 6 heteroatoms. The summed E-state index contributed by atoms with van der Waals surface area (Å²) >= 11 is 4.45. The summed E-state index contributed by atoms with van der Waals surface area (Å²) in [5.74, 6) is 0. The summed E-state index contributed by atoms with van der Waals surface area (Å²) in [7, 11) is 0. The minimum Gasteiger partial charge on any atom is -0.379 e. The minimum atomic E-state index is 0. The molecule has 4 nitrogen and oxygen atoms in total. The van der Waals surface area contributed by atoms with Crippen LogP contribution in [0.2, 0.25) is 0 Å². The number of aromatic nitrogens is 4. The summed E-state index contributed by atoms with van der Waals surface area (Å²) in [6, 6.07) is 0. The summed E-state index contributed by atoms with van der Waals surface area (Å²) in [5.41, 5.74) is 0. The second-order valence-corrected chi connectivity index (χ2v) is 1.09. The summed E-state index contributed by atoms with van der Waals surface area (Å²) in [4.78, 5) is 0. The van der Waals surface area contributed by atoms with Crippen molar-refractivity contribution in [2.75, 3.05) is 0 Å². The second-order valence-electron chi connectivity index (χ2n) is 0.706. The van der Waals surface area contributed by atoms with E-state index in [0.717, 1.165) is 0 Å². The molecule has 43 valence electrons. The van der Waals surface area contributed by atoms with Crippen molar-refractivity contribution in [3.8, 4) is 0 Å². The van der Waals surface area contributed by atoms with E-state index in [-0.39, 0.29) is 26.0 Å². The predicted molar refractivity (Wildman–Crippen MR) is 27.0 cm³/mol. The summed E-state index contributed by atoms with van der Waals surface area (Å²) in [6.07, 6.45) is 0. The normalized spacial score (nSPS) is 6.50. The van der Waals surface area contributed by atoms with Crippen LogP contribution in [0.15, 0.2) is 0 Å². The molecule has 0 fully saturated rings. The van der Waals surface area contributed by atoms with Gasteiger partial charge in [0.1, 0.15) is 0 Å². The Morgan fingerprint density at radius 2 is 2.25 bits per heavy atom. The molecule has 0 atom stereocenters. The molecule has 0 amide bonds. The van der Waals surface area contributed by atoms with Crippen molar-refractivity contribution < 1.29 is 18.6 Å². The van der Waals surface area contributed by atoms with Crippen molar-refractivity contribution in [3.05, 3.63) is 12.2 Å². The van der Waals surface area contributed by atoms with Crippen molar-refractivity contribution in [1.82, 2.24) is 20.6 Å². The molecule has 1 aromatic heterocycles. The fourth-order valence-corrected chi connectivity index (χ4v) is 0.228. The van der Waals surface area contributed by atoms with Crippen LogP contribution in [0, 0.1) is 12.2 Å². The van der Waals surface area contributed by atoms with Gasteiger partial charge in [0.2, 0.25) is 0 Å². The summed E-state index contributed by atoms with van der Waals surface area (Å²) < 4.78 is 0.329. The molecule has 0 saturated carbocycles. The van der Waals surface area contributed by atoms with Crippen LogP contribution in [0.25, 0.3) is 0 Å². The average Bonchev–Trinajstić information content (AvgIpc) is 1.86. The first-order valence-corrected chi connectivity index (χ1v) is 1.71. The van der Waals surface area contributed by atoms with Gasteiger partial charge in [-0.2, -0.15) is 5.21 Å². The molecule has 0 bridgehead atoms. The number of hydrogen-bond donors (Lipinski definition) is 1. The number of tetrazole rings is 1. The standard InChI is InChI=1S/CH2N4S.CH3.V/c6-1-2-4-5-3-1;;/h(H2,2,3,4,5,6);1H3;/q;-1;+2/p-1. The Morgan fingerprint density at radius 1 is 1.62 bits per heavy atom. The molecule has 1 aromatic rings. The molecule has 0 aliphatic carbocycles. The van der Waals surface area contributed by atoms with Gasteiger partial charge in [-0.3, -0.25) is 10.3 Å². The maximum absolute atomic E-state index is 4.45. The zero-order valence-electron chi connectivity index (χ0n) is 4.20. The van der Waals surface area contributed by atoms with E-state index < -0.39 is 0 Å². The van der Waals surface area contributed by atoms with E-state index in [2.05, 4.69) is 32.8 Å². The van der Waals surface area contributed by atoms with E-state index >= 15 is 0 Å². The number of nitrogens with one attached hydrogen (secondary N) is 1. The van der Waals surface area contributed by atoms with Crippen LogP contribution in [0.3, 0.4) is 0 Å². The van der Waals surface area contributed by atoms with Crippen LogP contribution in [0.1, 0.15) is 0 Å². The van der Waals surface area contributed by atoms with Crippen molar-refractivity contribution in [3.63, 3.8) is 0 Å². The van der Waals surface area contributed by atoms with Gasteiger partial charge in [0.25, 0.3) is 0 Å². The van der Waals surface area contributed by atoms with Crippen LogP contribution in [0.5, 0.6) is 0 Å². The van der Waals surface area contributed by atoms with Crippen LogP contribution in [-0.4, -0.2) is 15.5 Å². The van der Waals surface area contributed by atoms with Gasteiger partial charge in [-0.05, 0) is 0 Å². The van der Waals surface area contributed by atoms with Gasteiger partial charge in [0.15, 0.2) is 0 Å². The van der Waals surface area contributed by atoms with E-state index in [4.69, 9.17) is 0 Å². The van der Waals surface area contributed by atoms with Gasteiger partial charge < -0.3 is 12.5 Å². The Bertz CT molecular complexity index is 152. The summed E-state index contributed by atoms with van der Waals surface area (Å²) in [6.45, 7) is 0. The third-order valence-corrected chi connectivity index (χ3v) is 0.499. The van der Waals surface area contributed by atoms with Crippen LogP contribution >= 0.6 is 12.2 Å². The minimum absolute atomic E-state index is 0. The van der Waals surface area contributed by atoms with Gasteiger partial charge in [-0.15, -0.1) is 0 Å². The number of H-pyrrole nitrogens is 1. The number of nitrogens with zero attached hydrogens (tertiary/aromatic N) is 3. The van der Waals surface area contributed by atoms with Crippen molar-refractivity contribution in [1.29, 1.82) is 0 Å². The number of hydrogen-bond acceptors (Lipinski definition) is 3. The molecule has 8 heavy (non-hydrogen) atoms. The maximum atomic E-state index is 4.45. The number of rotatable bonds is 0. The van der Waals surface area contributed by atoms with E-state index in [1.807, 2.05) is 0 Å². The number of aromatic amines is 1. The third kappa shape index (κ3) is 2.95. The Labute approximate surface area is 63.9 Å². The van der Waals surface area contributed by atoms with Crippen LogP contribution < -0.4 is 5.10 Å². The van der Waals surface area contributed by atoms with Crippen molar-refractivity contribution >= 4 is 12.2 Å². The quantitative estimate of drug-likeness (QED) is 0.434. The van der Waals surface area contributed by atoms with Crippen molar-refractivity contribution in [2.45, 2.75) is 0 Å². The largest absolute Gasteiger partial charge is 2.00 e. The smallest absolute Gasteiger partial charge is 0.379 e. The molecule has 0 aliphatic rings. The van der Waals surface area contributed by atoms with Crippen LogP contribution in [-0.2, 0) is 18.6 Å². The van der Waals surface area contributed by atoms with Gasteiger partial charge in [-0.25, -0.2) is 0 Å². The molecule has 0 saturated heterocycles. The zero-order chi connectivity index (χ0) is 4.41. The van der Waals surface area contributed by atoms with Gasteiger partial charge >= 0.3 is 18.6 Å². The Morgan fingerprint density at radius 3 is 2.38 bits per heavy atom. The molecule has 1 rings (SSSR count). The Balaban J connectivity index is 0. The van der Waals surface area contributed by atoms with Gasteiger partial charge in [0.05, 0.1) is 4.77 Å². The monoisotopic (exact) mass is 167 g/mol. The van der Waals surface area contributed by atoms with Gasteiger partial charge in [-0.1, -0.05) is 12.2 Å². The molecule has 0 aliphatic heterocycles. The van der Waals surface area contributed by atoms with E-state index in [1.165, 1.54) is 0 Å². The van der Waals surface area contributed by atoms with Gasteiger partial charge in [0, 0.05) is 0 Å². The zero-order valence-corrected chi connectivity index (χ0v) is 6.41. The van der Waals surface area contributed by atoms with E-state index in [1.54, 1.807) is 0 Å². The summed E-state index contributed by atoms with van der Waals surface area (Å²) in [5, 5.41) is 12.1. The third-order valence-electron chi connectivity index (χ3n) is 0.326. The maximum Gasteiger partial charge on any atom is 2.00 e. The molecule has 0 unspecified atom stereocenters. The molecule has 1 radical (unpaired) electrons. The topological polar surface area (TPSA) is 55.7 Å². The van der Waals surface area contributed by atoms with Crippen molar-refractivity contribution in [2.24, 2.45) is 0 Å². The van der Waals surface area contributed by atoms with E-state index in [0.29, 0.717) is 4.77 Å². The fourth-order valence-electron chi connectivity index (χ4n) is 0.150. The fraction of sp³-hybridized carbons (Fsp3) is 0. The molecule has 0 aromatic carbocycles. The molecule has 1 N–H and O–H groups in total. The predicted octanol–water partition coefficient (Wildman–Crippen LogP) is -0.0608. The molecule has 1 heterocycles. The van der Waals surface area contributed by atoms with E-state index in [9.17, 15) is 0 Å². The molecule has 0 spiro atoms.